The van der Waals surface area contributed by atoms with E-state index in [0.717, 1.165) is 6.42 Å². The van der Waals surface area contributed by atoms with E-state index in [1.165, 1.54) is 10.4 Å². The predicted octanol–water partition coefficient (Wildman–Crippen LogP) is 3.97. The fourth-order valence-corrected chi connectivity index (χ4v) is 8.86. The van der Waals surface area contributed by atoms with Gasteiger partial charge in [0, 0.05) is 12.8 Å². The highest BCUT2D eigenvalue weighted by molar-refractivity contribution is 6.99. The maximum atomic E-state index is 12.4. The topological polar surface area (TPSA) is 30.7 Å². The van der Waals surface area contributed by atoms with Gasteiger partial charge >= 0.3 is 0 Å². The Hall–Kier alpha value is -2.22. The van der Waals surface area contributed by atoms with Crippen molar-refractivity contribution >= 4 is 24.5 Å². The van der Waals surface area contributed by atoms with Gasteiger partial charge in [-0.05, 0) is 21.8 Å². The van der Waals surface area contributed by atoms with Gasteiger partial charge in [0.2, 0.25) is 5.78 Å². The maximum Gasteiger partial charge on any atom is 0.281 e. The first kappa shape index (κ1) is 19.5. The Morgan fingerprint density at radius 2 is 1.48 bits per heavy atom. The third-order valence-electron chi connectivity index (χ3n) is 5.48. The third-order valence-corrected chi connectivity index (χ3v) is 10.6. The summed E-state index contributed by atoms with van der Waals surface area (Å²) in [6, 6.07) is 20.5. The SMILES string of the molecule is [C-]#[N+]C1CCC(O[Si](c2ccccc2)(c2ccccc2)C(C)(C)C)CC1=O. The van der Waals surface area contributed by atoms with E-state index < -0.39 is 14.4 Å². The smallest absolute Gasteiger partial charge is 0.281 e. The quantitative estimate of drug-likeness (QED) is 0.596. The number of nitrogens with zero attached hydrogens (tertiary/aromatic N) is 1. The van der Waals surface area contributed by atoms with Crippen LogP contribution in [-0.2, 0) is 9.22 Å². The molecule has 2 unspecified atom stereocenters. The van der Waals surface area contributed by atoms with Gasteiger partial charge in [0.15, 0.2) is 0 Å². The minimum atomic E-state index is -2.63. The normalized spacial score (nSPS) is 20.9. The van der Waals surface area contributed by atoms with Crippen molar-refractivity contribution in [3.63, 3.8) is 0 Å². The highest BCUT2D eigenvalue weighted by atomic mass is 28.4. The molecule has 2 aromatic rings. The van der Waals surface area contributed by atoms with Gasteiger partial charge in [-0.15, -0.1) is 0 Å². The molecule has 140 valence electrons. The highest BCUT2D eigenvalue weighted by Crippen LogP contribution is 2.39. The molecule has 4 heteroatoms. The van der Waals surface area contributed by atoms with Crippen molar-refractivity contribution < 1.29 is 9.22 Å². The van der Waals surface area contributed by atoms with Crippen LogP contribution in [0.4, 0.5) is 0 Å². The standard InChI is InChI=1S/C23H27NO2Si/c1-23(2,3)27(19-11-7-5-8-12-19,20-13-9-6-10-14-20)26-18-15-16-21(24-4)22(25)17-18/h5-14,18,21H,15-17H2,1-3H3. The summed E-state index contributed by atoms with van der Waals surface area (Å²) in [6.07, 6.45) is 1.59. The lowest BCUT2D eigenvalue weighted by Gasteiger charge is -2.45. The molecule has 0 amide bonds. The Labute approximate surface area is 163 Å². The molecule has 2 atom stereocenters. The van der Waals surface area contributed by atoms with Gasteiger partial charge in [0.25, 0.3) is 14.4 Å². The first-order chi connectivity index (χ1) is 12.9. The average Bonchev–Trinajstić information content (AvgIpc) is 2.66. The summed E-state index contributed by atoms with van der Waals surface area (Å²) in [6.45, 7) is 13.9. The summed E-state index contributed by atoms with van der Waals surface area (Å²) in [5.41, 5.74) is 0. The first-order valence-corrected chi connectivity index (χ1v) is 11.5. The Kier molecular flexibility index (Phi) is 5.64. The Bertz CT molecular complexity index is 781. The summed E-state index contributed by atoms with van der Waals surface area (Å²) in [7, 11) is -2.63. The molecule has 0 heterocycles. The van der Waals surface area contributed by atoms with Crippen LogP contribution in [0.25, 0.3) is 4.85 Å². The van der Waals surface area contributed by atoms with Crippen LogP contribution >= 0.6 is 0 Å². The molecule has 27 heavy (non-hydrogen) atoms. The Balaban J connectivity index is 2.08. The second-order valence-corrected chi connectivity index (χ2v) is 12.5. The minimum Gasteiger partial charge on any atom is -0.404 e. The summed E-state index contributed by atoms with van der Waals surface area (Å²) in [5, 5.41) is 2.35. The van der Waals surface area contributed by atoms with Crippen molar-refractivity contribution in [1.82, 2.24) is 0 Å². The number of carbonyl (C=O) groups is 1. The van der Waals surface area contributed by atoms with Gasteiger partial charge in [-0.2, -0.15) is 0 Å². The van der Waals surface area contributed by atoms with Crippen LogP contribution in [0.5, 0.6) is 0 Å². The Morgan fingerprint density at radius 3 is 1.89 bits per heavy atom. The largest absolute Gasteiger partial charge is 0.404 e. The predicted molar refractivity (Wildman–Crippen MR) is 112 cm³/mol. The number of carbonyl (C=O) groups excluding carboxylic acids is 1. The van der Waals surface area contributed by atoms with E-state index in [0.29, 0.717) is 12.8 Å². The molecule has 0 aromatic heterocycles. The first-order valence-electron chi connectivity index (χ1n) is 9.56. The monoisotopic (exact) mass is 377 g/mol. The second-order valence-electron chi connectivity index (χ2n) is 8.30. The molecule has 3 rings (SSSR count). The zero-order valence-corrected chi connectivity index (χ0v) is 17.3. The van der Waals surface area contributed by atoms with Crippen LogP contribution in [0.3, 0.4) is 0 Å². The van der Waals surface area contributed by atoms with Gasteiger partial charge in [0.1, 0.15) is 0 Å². The van der Waals surface area contributed by atoms with Crippen molar-refractivity contribution in [1.29, 1.82) is 0 Å². The van der Waals surface area contributed by atoms with E-state index in [1.807, 2.05) is 12.1 Å². The molecule has 0 saturated heterocycles. The summed E-state index contributed by atoms with van der Waals surface area (Å²) in [4.78, 5) is 15.8. The fraction of sp³-hybridized carbons (Fsp3) is 0.391. The lowest BCUT2D eigenvalue weighted by atomic mass is 9.92. The molecular weight excluding hydrogens is 350 g/mol. The van der Waals surface area contributed by atoms with Crippen molar-refractivity contribution in [3.8, 4) is 0 Å². The van der Waals surface area contributed by atoms with Crippen molar-refractivity contribution in [3.05, 3.63) is 72.1 Å². The van der Waals surface area contributed by atoms with Gasteiger partial charge in [-0.25, -0.2) is 6.57 Å². The number of Topliss-reactive ketones (excluding diaryl/α,β-unsaturated/α-hetero) is 1. The van der Waals surface area contributed by atoms with Crippen LogP contribution in [0.1, 0.15) is 40.0 Å². The Morgan fingerprint density at radius 1 is 0.963 bits per heavy atom. The number of hydrogen-bond donors (Lipinski definition) is 0. The molecule has 0 spiro atoms. The van der Waals surface area contributed by atoms with E-state index in [-0.39, 0.29) is 16.9 Å². The van der Waals surface area contributed by atoms with E-state index in [2.05, 4.69) is 74.1 Å². The molecular formula is C23H27NO2Si. The number of rotatable bonds is 4. The van der Waals surface area contributed by atoms with Gasteiger partial charge < -0.3 is 9.27 Å². The summed E-state index contributed by atoms with van der Waals surface area (Å²) < 4.78 is 6.99. The van der Waals surface area contributed by atoms with Crippen LogP contribution < -0.4 is 10.4 Å². The zero-order chi connectivity index (χ0) is 19.5. The number of ketones is 1. The highest BCUT2D eigenvalue weighted by Gasteiger charge is 2.52. The van der Waals surface area contributed by atoms with Crippen LogP contribution in [-0.4, -0.2) is 26.2 Å². The van der Waals surface area contributed by atoms with E-state index in [9.17, 15) is 4.79 Å². The molecule has 1 aliphatic carbocycles. The van der Waals surface area contributed by atoms with E-state index in [4.69, 9.17) is 11.0 Å². The molecule has 0 aliphatic heterocycles. The molecule has 0 radical (unpaired) electrons. The molecule has 1 saturated carbocycles. The van der Waals surface area contributed by atoms with Crippen LogP contribution in [0.15, 0.2) is 60.7 Å². The van der Waals surface area contributed by atoms with Crippen molar-refractivity contribution in [2.45, 2.75) is 57.2 Å². The summed E-state index contributed by atoms with van der Waals surface area (Å²) >= 11 is 0. The third kappa shape index (κ3) is 3.76. The van der Waals surface area contributed by atoms with E-state index in [1.54, 1.807) is 0 Å². The van der Waals surface area contributed by atoms with Gasteiger partial charge in [0.05, 0.1) is 6.10 Å². The lowest BCUT2D eigenvalue weighted by molar-refractivity contribution is -0.123. The van der Waals surface area contributed by atoms with E-state index >= 15 is 0 Å². The fourth-order valence-electron chi connectivity index (χ4n) is 4.15. The second kappa shape index (κ2) is 7.80. The van der Waals surface area contributed by atoms with Gasteiger partial charge in [-0.1, -0.05) is 81.4 Å². The van der Waals surface area contributed by atoms with Crippen molar-refractivity contribution in [2.75, 3.05) is 0 Å². The lowest BCUT2D eigenvalue weighted by Crippen LogP contribution is -2.68. The molecule has 1 aliphatic rings. The molecule has 0 N–H and O–H groups in total. The molecule has 1 fully saturated rings. The number of hydrogen-bond acceptors (Lipinski definition) is 2. The van der Waals surface area contributed by atoms with Crippen LogP contribution in [0.2, 0.25) is 5.04 Å². The summed E-state index contributed by atoms with van der Waals surface area (Å²) in [5.74, 6) is 0.0270. The zero-order valence-electron chi connectivity index (χ0n) is 16.3. The maximum absolute atomic E-state index is 12.4. The minimum absolute atomic E-state index is 0.0270. The number of benzene rings is 2. The molecule has 0 bridgehead atoms. The molecule has 3 nitrogen and oxygen atoms in total. The molecule has 2 aromatic carbocycles. The van der Waals surface area contributed by atoms with Crippen molar-refractivity contribution in [2.24, 2.45) is 0 Å². The average molecular weight is 378 g/mol. The van der Waals surface area contributed by atoms with Crippen LogP contribution in [0, 0.1) is 6.57 Å². The van der Waals surface area contributed by atoms with Gasteiger partial charge in [-0.3, -0.25) is 4.79 Å².